The Labute approximate surface area is 218 Å². The minimum Gasteiger partial charge on any atom is -0.507 e. The SMILES string of the molecule is CCC(C)(C)N(C(=O)C(CS)NC(=O)OC(C)(C)C)C(C(=O)NCC(=O)OC)c1cccc(C)c1O. The second-order valence-electron chi connectivity index (χ2n) is 9.96. The Kier molecular flexibility index (Phi) is 11.1. The lowest BCUT2D eigenvalue weighted by atomic mass is 9.91. The van der Waals surface area contributed by atoms with Crippen LogP contribution in [0.5, 0.6) is 5.75 Å². The zero-order valence-electron chi connectivity index (χ0n) is 22.3. The normalized spacial score (nSPS) is 13.2. The molecule has 3 amide bonds. The monoisotopic (exact) mass is 525 g/mol. The molecule has 0 spiro atoms. The number of alkyl carbamates (subject to hydrolysis) is 1. The van der Waals surface area contributed by atoms with Crippen LogP contribution in [0.1, 0.15) is 65.1 Å². The maximum atomic E-state index is 13.9. The number of nitrogens with zero attached hydrogens (tertiary/aromatic N) is 1. The van der Waals surface area contributed by atoms with Crippen LogP contribution in [0, 0.1) is 6.92 Å². The summed E-state index contributed by atoms with van der Waals surface area (Å²) in [5, 5.41) is 15.9. The van der Waals surface area contributed by atoms with Crippen molar-refractivity contribution in [2.24, 2.45) is 0 Å². The molecule has 0 aromatic heterocycles. The molecule has 0 saturated carbocycles. The van der Waals surface area contributed by atoms with Gasteiger partial charge in [-0.3, -0.25) is 14.4 Å². The highest BCUT2D eigenvalue weighted by molar-refractivity contribution is 7.80. The van der Waals surface area contributed by atoms with Crippen molar-refractivity contribution >= 4 is 36.5 Å². The summed E-state index contributed by atoms with van der Waals surface area (Å²) in [6, 6.07) is 2.38. The number of carbonyl (C=O) groups excluding carboxylic acids is 4. The van der Waals surface area contributed by atoms with E-state index in [1.54, 1.807) is 53.7 Å². The van der Waals surface area contributed by atoms with Gasteiger partial charge in [0.25, 0.3) is 0 Å². The van der Waals surface area contributed by atoms with E-state index in [-0.39, 0.29) is 17.1 Å². The molecule has 11 heteroatoms. The molecule has 3 N–H and O–H groups in total. The summed E-state index contributed by atoms with van der Waals surface area (Å²) in [5.41, 5.74) is -1.04. The summed E-state index contributed by atoms with van der Waals surface area (Å²) in [6.45, 7) is 11.7. The minimum atomic E-state index is -1.33. The molecule has 0 saturated heterocycles. The lowest BCUT2D eigenvalue weighted by molar-refractivity contribution is -0.149. The van der Waals surface area contributed by atoms with Crippen LogP contribution in [0.15, 0.2) is 18.2 Å². The number of hydrogen-bond donors (Lipinski definition) is 4. The highest BCUT2D eigenvalue weighted by Gasteiger charge is 2.44. The first-order valence-electron chi connectivity index (χ1n) is 11.7. The predicted octanol–water partition coefficient (Wildman–Crippen LogP) is 2.87. The quantitative estimate of drug-likeness (QED) is 0.273. The van der Waals surface area contributed by atoms with Crippen molar-refractivity contribution in [2.75, 3.05) is 19.4 Å². The van der Waals surface area contributed by atoms with Gasteiger partial charge in [0.1, 0.15) is 30.0 Å². The molecule has 202 valence electrons. The van der Waals surface area contributed by atoms with Crippen LogP contribution in [0.25, 0.3) is 0 Å². The Morgan fingerprint density at radius 3 is 2.25 bits per heavy atom. The first-order valence-corrected chi connectivity index (χ1v) is 12.3. The van der Waals surface area contributed by atoms with Gasteiger partial charge in [0, 0.05) is 16.9 Å². The van der Waals surface area contributed by atoms with Gasteiger partial charge in [-0.05, 0) is 53.5 Å². The number of phenols is 1. The first kappa shape index (κ1) is 31.1. The van der Waals surface area contributed by atoms with Crippen LogP contribution in [-0.4, -0.2) is 70.5 Å². The van der Waals surface area contributed by atoms with Gasteiger partial charge in [-0.2, -0.15) is 12.6 Å². The van der Waals surface area contributed by atoms with Crippen molar-refractivity contribution in [1.82, 2.24) is 15.5 Å². The summed E-state index contributed by atoms with van der Waals surface area (Å²) in [4.78, 5) is 52.9. The molecule has 0 fully saturated rings. The molecule has 2 atom stereocenters. The van der Waals surface area contributed by atoms with Crippen molar-refractivity contribution in [2.45, 2.75) is 78.1 Å². The Morgan fingerprint density at radius 2 is 1.75 bits per heavy atom. The van der Waals surface area contributed by atoms with E-state index in [4.69, 9.17) is 4.74 Å². The third-order valence-electron chi connectivity index (χ3n) is 5.63. The van der Waals surface area contributed by atoms with Crippen molar-refractivity contribution in [3.63, 3.8) is 0 Å². The number of benzene rings is 1. The summed E-state index contributed by atoms with van der Waals surface area (Å²) in [6.07, 6.45) is -0.382. The van der Waals surface area contributed by atoms with Crippen LogP contribution in [0.3, 0.4) is 0 Å². The Bertz CT molecular complexity index is 959. The first-order chi connectivity index (χ1) is 16.6. The fraction of sp³-hybridized carbons (Fsp3) is 0.600. The largest absolute Gasteiger partial charge is 0.507 e. The third kappa shape index (κ3) is 8.32. The number of nitrogens with one attached hydrogen (secondary N) is 2. The summed E-state index contributed by atoms with van der Waals surface area (Å²) in [5.74, 6) is -2.23. The van der Waals surface area contributed by atoms with Gasteiger partial charge in [-0.25, -0.2) is 4.79 Å². The van der Waals surface area contributed by atoms with Crippen molar-refractivity contribution in [1.29, 1.82) is 0 Å². The lowest BCUT2D eigenvalue weighted by Gasteiger charge is -2.44. The van der Waals surface area contributed by atoms with E-state index in [2.05, 4.69) is 28.0 Å². The van der Waals surface area contributed by atoms with Crippen LogP contribution in [0.2, 0.25) is 0 Å². The van der Waals surface area contributed by atoms with Gasteiger partial charge in [0.15, 0.2) is 0 Å². The molecule has 1 rings (SSSR count). The molecule has 0 heterocycles. The number of methoxy groups -OCH3 is 1. The van der Waals surface area contributed by atoms with Gasteiger partial charge >= 0.3 is 12.1 Å². The van der Waals surface area contributed by atoms with E-state index in [1.807, 2.05) is 6.92 Å². The van der Waals surface area contributed by atoms with E-state index in [0.29, 0.717) is 12.0 Å². The number of hydrogen-bond acceptors (Lipinski definition) is 8. The van der Waals surface area contributed by atoms with E-state index in [9.17, 15) is 24.3 Å². The smallest absolute Gasteiger partial charge is 0.408 e. The van der Waals surface area contributed by atoms with E-state index in [0.717, 1.165) is 0 Å². The zero-order chi connectivity index (χ0) is 27.8. The lowest BCUT2D eigenvalue weighted by Crippen LogP contribution is -2.60. The number of aromatic hydroxyl groups is 1. The fourth-order valence-electron chi connectivity index (χ4n) is 3.38. The molecule has 0 bridgehead atoms. The maximum absolute atomic E-state index is 13.9. The molecular formula is C25H39N3O7S. The second kappa shape index (κ2) is 12.8. The number of aryl methyl sites for hydroxylation is 1. The van der Waals surface area contributed by atoms with Gasteiger partial charge in [0.2, 0.25) is 11.8 Å². The van der Waals surface area contributed by atoms with Crippen LogP contribution >= 0.6 is 12.6 Å². The average Bonchev–Trinajstić information content (AvgIpc) is 2.79. The highest BCUT2D eigenvalue weighted by Crippen LogP contribution is 2.37. The number of ether oxygens (including phenoxy) is 2. The van der Waals surface area contributed by atoms with Gasteiger partial charge in [0.05, 0.1) is 7.11 Å². The van der Waals surface area contributed by atoms with Crippen LogP contribution in [0.4, 0.5) is 4.79 Å². The third-order valence-corrected chi connectivity index (χ3v) is 6.00. The number of phenolic OH excluding ortho intramolecular Hbond substituents is 1. The molecule has 0 aliphatic heterocycles. The van der Waals surface area contributed by atoms with E-state index < -0.39 is 53.6 Å². The van der Waals surface area contributed by atoms with Gasteiger partial charge in [-0.15, -0.1) is 0 Å². The summed E-state index contributed by atoms with van der Waals surface area (Å²) >= 11 is 4.26. The molecule has 1 aromatic carbocycles. The second-order valence-corrected chi connectivity index (χ2v) is 10.3. The molecule has 10 nitrogen and oxygen atoms in total. The van der Waals surface area contributed by atoms with Crippen molar-refractivity contribution in [3.05, 3.63) is 29.3 Å². The Morgan fingerprint density at radius 1 is 1.14 bits per heavy atom. The van der Waals surface area contributed by atoms with E-state index in [1.165, 1.54) is 18.1 Å². The molecule has 36 heavy (non-hydrogen) atoms. The van der Waals surface area contributed by atoms with Crippen molar-refractivity contribution < 1.29 is 33.8 Å². The Hall–Kier alpha value is -2.95. The number of rotatable bonds is 10. The molecule has 1 aromatic rings. The zero-order valence-corrected chi connectivity index (χ0v) is 23.2. The number of esters is 1. The summed E-state index contributed by atoms with van der Waals surface area (Å²) < 4.78 is 9.90. The highest BCUT2D eigenvalue weighted by atomic mass is 32.1. The number of para-hydroxylation sites is 1. The molecule has 0 radical (unpaired) electrons. The van der Waals surface area contributed by atoms with Crippen molar-refractivity contribution in [3.8, 4) is 5.75 Å². The Balaban J connectivity index is 3.62. The predicted molar refractivity (Wildman–Crippen MR) is 139 cm³/mol. The molecule has 2 unspecified atom stereocenters. The maximum Gasteiger partial charge on any atom is 0.408 e. The fourth-order valence-corrected chi connectivity index (χ4v) is 3.62. The van der Waals surface area contributed by atoms with Crippen LogP contribution < -0.4 is 10.6 Å². The van der Waals surface area contributed by atoms with Gasteiger partial charge < -0.3 is 30.1 Å². The number of carbonyl (C=O) groups is 4. The molecule has 0 aliphatic carbocycles. The molecule has 0 aliphatic rings. The average molecular weight is 526 g/mol. The van der Waals surface area contributed by atoms with Crippen LogP contribution in [-0.2, 0) is 23.9 Å². The number of amides is 3. The number of thiol groups is 1. The standard InChI is InChI=1S/C25H39N3O7S/c1-9-25(6,7)28(22(32)17(14-36)27-23(33)35-24(3,4)5)19(21(31)26-13-18(29)34-8)16-12-10-11-15(2)20(16)30/h10-12,17,19,30,36H,9,13-14H2,1-8H3,(H,26,31)(H,27,33). The van der Waals surface area contributed by atoms with Gasteiger partial charge in [-0.1, -0.05) is 25.1 Å². The minimum absolute atomic E-state index is 0.0787. The molecular weight excluding hydrogens is 486 g/mol. The topological polar surface area (TPSA) is 134 Å². The van der Waals surface area contributed by atoms with E-state index >= 15 is 0 Å². The summed E-state index contributed by atoms with van der Waals surface area (Å²) in [7, 11) is 1.19.